The Bertz CT molecular complexity index is 1450. The van der Waals surface area contributed by atoms with E-state index in [1.54, 1.807) is 24.1 Å². The number of aromatic nitrogens is 1. The fourth-order valence-electron chi connectivity index (χ4n) is 3.97. The highest BCUT2D eigenvalue weighted by Gasteiger charge is 2.22. The van der Waals surface area contributed by atoms with Gasteiger partial charge in [-0.1, -0.05) is 108 Å². The standard InChI is InChI=1S/C29H23ClN2O2S/c1-34-25-17-16-24(30)28-27(25)31-29(35-28)32(19-21-8-4-2-5-9-21)26(33)18-20-12-14-23(15-13-20)22-10-6-3-7-11-22/h2-17H,18-19H2,1H3. The van der Waals surface area contributed by atoms with Gasteiger partial charge in [0, 0.05) is 0 Å². The number of hydrogen-bond donors (Lipinski definition) is 0. The first-order valence-electron chi connectivity index (χ1n) is 11.2. The quantitative estimate of drug-likeness (QED) is 0.235. The number of nitrogens with zero attached hydrogens (tertiary/aromatic N) is 2. The van der Waals surface area contributed by atoms with E-state index in [1.807, 2.05) is 60.7 Å². The second kappa shape index (κ2) is 10.3. The van der Waals surface area contributed by atoms with Crippen LogP contribution in [0.1, 0.15) is 11.1 Å². The summed E-state index contributed by atoms with van der Waals surface area (Å²) >= 11 is 7.85. The average molecular weight is 499 g/mol. The average Bonchev–Trinajstić information content (AvgIpc) is 3.35. The summed E-state index contributed by atoms with van der Waals surface area (Å²) < 4.78 is 6.28. The zero-order chi connectivity index (χ0) is 24.2. The summed E-state index contributed by atoms with van der Waals surface area (Å²) in [6.45, 7) is 0.418. The first-order valence-corrected chi connectivity index (χ1v) is 12.4. The van der Waals surface area contributed by atoms with Crippen LogP contribution in [0.25, 0.3) is 21.3 Å². The number of halogens is 1. The van der Waals surface area contributed by atoms with Gasteiger partial charge in [-0.3, -0.25) is 9.69 Å². The Labute approximate surface area is 213 Å². The van der Waals surface area contributed by atoms with Crippen molar-refractivity contribution in [1.29, 1.82) is 0 Å². The highest BCUT2D eigenvalue weighted by Crippen LogP contribution is 2.39. The molecule has 0 aliphatic carbocycles. The Morgan fingerprint density at radius 2 is 1.51 bits per heavy atom. The molecule has 174 valence electrons. The summed E-state index contributed by atoms with van der Waals surface area (Å²) in [5.74, 6) is 0.603. The van der Waals surface area contributed by atoms with Crippen LogP contribution in [0.3, 0.4) is 0 Å². The number of anilines is 1. The molecule has 0 unspecified atom stereocenters. The third kappa shape index (κ3) is 5.06. The second-order valence-corrected chi connectivity index (χ2v) is 9.51. The number of rotatable bonds is 7. The molecule has 0 spiro atoms. The first kappa shape index (κ1) is 23.1. The van der Waals surface area contributed by atoms with E-state index in [-0.39, 0.29) is 12.3 Å². The minimum absolute atomic E-state index is 0.0320. The molecule has 5 aromatic rings. The molecule has 0 radical (unpaired) electrons. The number of carbonyl (C=O) groups excluding carboxylic acids is 1. The summed E-state index contributed by atoms with van der Waals surface area (Å²) in [4.78, 5) is 20.1. The first-order chi connectivity index (χ1) is 17.1. The molecule has 0 saturated heterocycles. The van der Waals surface area contributed by atoms with E-state index in [4.69, 9.17) is 21.3 Å². The van der Waals surface area contributed by atoms with Crippen LogP contribution in [0.2, 0.25) is 5.02 Å². The zero-order valence-corrected chi connectivity index (χ0v) is 20.7. The Balaban J connectivity index is 1.46. The van der Waals surface area contributed by atoms with Crippen molar-refractivity contribution in [3.63, 3.8) is 0 Å². The van der Waals surface area contributed by atoms with Crippen molar-refractivity contribution in [2.75, 3.05) is 12.0 Å². The number of methoxy groups -OCH3 is 1. The fourth-order valence-corrected chi connectivity index (χ4v) is 5.24. The molecule has 0 aliphatic rings. The SMILES string of the molecule is COc1ccc(Cl)c2sc(N(Cc3ccccc3)C(=O)Cc3ccc(-c4ccccc4)cc3)nc12. The van der Waals surface area contributed by atoms with E-state index >= 15 is 0 Å². The van der Waals surface area contributed by atoms with Crippen LogP contribution in [0.4, 0.5) is 5.13 Å². The summed E-state index contributed by atoms with van der Waals surface area (Å²) in [6, 6.07) is 31.9. The molecule has 1 aromatic heterocycles. The number of thiazole rings is 1. The van der Waals surface area contributed by atoms with E-state index in [2.05, 4.69) is 24.3 Å². The van der Waals surface area contributed by atoms with Gasteiger partial charge in [-0.25, -0.2) is 4.98 Å². The van der Waals surface area contributed by atoms with Gasteiger partial charge in [-0.15, -0.1) is 0 Å². The molecule has 4 aromatic carbocycles. The Morgan fingerprint density at radius 1 is 0.857 bits per heavy atom. The molecule has 0 atom stereocenters. The van der Waals surface area contributed by atoms with Gasteiger partial charge in [0.1, 0.15) is 11.3 Å². The van der Waals surface area contributed by atoms with Crippen molar-refractivity contribution in [1.82, 2.24) is 4.98 Å². The summed E-state index contributed by atoms with van der Waals surface area (Å²) in [5.41, 5.74) is 4.91. The topological polar surface area (TPSA) is 42.4 Å². The molecule has 0 fully saturated rings. The van der Waals surface area contributed by atoms with Crippen LogP contribution in [0, 0.1) is 0 Å². The maximum absolute atomic E-state index is 13.6. The van der Waals surface area contributed by atoms with Gasteiger partial charge in [0.05, 0.1) is 29.8 Å². The van der Waals surface area contributed by atoms with E-state index < -0.39 is 0 Å². The molecule has 35 heavy (non-hydrogen) atoms. The van der Waals surface area contributed by atoms with E-state index in [1.165, 1.54) is 11.3 Å². The van der Waals surface area contributed by atoms with Crippen molar-refractivity contribution >= 4 is 44.2 Å². The van der Waals surface area contributed by atoms with E-state index in [0.29, 0.717) is 28.0 Å². The minimum atomic E-state index is -0.0320. The number of fused-ring (bicyclic) bond motifs is 1. The molecule has 1 amide bonds. The van der Waals surface area contributed by atoms with Crippen molar-refractivity contribution in [3.8, 4) is 16.9 Å². The lowest BCUT2D eigenvalue weighted by Crippen LogP contribution is -2.31. The molecule has 0 N–H and O–H groups in total. The number of amides is 1. The van der Waals surface area contributed by atoms with Gasteiger partial charge in [0.25, 0.3) is 0 Å². The van der Waals surface area contributed by atoms with Gasteiger partial charge in [0.15, 0.2) is 5.13 Å². The molecule has 0 saturated carbocycles. The van der Waals surface area contributed by atoms with Gasteiger partial charge in [0.2, 0.25) is 5.91 Å². The van der Waals surface area contributed by atoms with Crippen molar-refractivity contribution < 1.29 is 9.53 Å². The molecule has 0 aliphatic heterocycles. The Kier molecular flexibility index (Phi) is 6.80. The Morgan fingerprint density at radius 3 is 2.20 bits per heavy atom. The fraction of sp³-hybridized carbons (Fsp3) is 0.103. The summed E-state index contributed by atoms with van der Waals surface area (Å²) in [6.07, 6.45) is 0.267. The molecule has 0 bridgehead atoms. The van der Waals surface area contributed by atoms with E-state index in [9.17, 15) is 4.79 Å². The maximum atomic E-state index is 13.6. The third-order valence-corrected chi connectivity index (χ3v) is 7.34. The number of benzene rings is 4. The number of hydrogen-bond acceptors (Lipinski definition) is 4. The summed E-state index contributed by atoms with van der Waals surface area (Å²) in [7, 11) is 1.60. The highest BCUT2D eigenvalue weighted by molar-refractivity contribution is 7.23. The highest BCUT2D eigenvalue weighted by atomic mass is 35.5. The van der Waals surface area contributed by atoms with Gasteiger partial charge in [-0.05, 0) is 34.4 Å². The molecule has 5 rings (SSSR count). The smallest absolute Gasteiger partial charge is 0.233 e. The predicted octanol–water partition coefficient (Wildman–Crippen LogP) is 7.40. The van der Waals surface area contributed by atoms with Crippen LogP contribution in [0.5, 0.6) is 5.75 Å². The van der Waals surface area contributed by atoms with Crippen LogP contribution >= 0.6 is 22.9 Å². The van der Waals surface area contributed by atoms with E-state index in [0.717, 1.165) is 27.0 Å². The van der Waals surface area contributed by atoms with Gasteiger partial charge < -0.3 is 4.74 Å². The molecule has 1 heterocycles. The van der Waals surface area contributed by atoms with Crippen molar-refractivity contribution in [2.45, 2.75) is 13.0 Å². The molecular weight excluding hydrogens is 476 g/mol. The normalized spacial score (nSPS) is 10.9. The second-order valence-electron chi connectivity index (χ2n) is 8.13. The Hall–Kier alpha value is -3.67. The molecular formula is C29H23ClN2O2S. The monoisotopic (exact) mass is 498 g/mol. The van der Waals surface area contributed by atoms with Crippen molar-refractivity contribution in [3.05, 3.63) is 113 Å². The lowest BCUT2D eigenvalue weighted by atomic mass is 10.0. The van der Waals surface area contributed by atoms with Gasteiger partial charge >= 0.3 is 0 Å². The lowest BCUT2D eigenvalue weighted by molar-refractivity contribution is -0.118. The molecule has 6 heteroatoms. The minimum Gasteiger partial charge on any atom is -0.494 e. The van der Waals surface area contributed by atoms with Crippen molar-refractivity contribution in [2.24, 2.45) is 0 Å². The lowest BCUT2D eigenvalue weighted by Gasteiger charge is -2.20. The van der Waals surface area contributed by atoms with Crippen LogP contribution in [-0.4, -0.2) is 18.0 Å². The molecule has 4 nitrogen and oxygen atoms in total. The largest absolute Gasteiger partial charge is 0.494 e. The van der Waals surface area contributed by atoms with Crippen LogP contribution in [0.15, 0.2) is 97.1 Å². The van der Waals surface area contributed by atoms with Crippen LogP contribution < -0.4 is 9.64 Å². The number of ether oxygens (including phenoxy) is 1. The maximum Gasteiger partial charge on any atom is 0.233 e. The zero-order valence-electron chi connectivity index (χ0n) is 19.1. The number of carbonyl (C=O) groups is 1. The van der Waals surface area contributed by atoms with Crippen LogP contribution in [-0.2, 0) is 17.8 Å². The third-order valence-electron chi connectivity index (χ3n) is 5.80. The summed E-state index contributed by atoms with van der Waals surface area (Å²) in [5, 5.41) is 1.19. The van der Waals surface area contributed by atoms with Gasteiger partial charge in [-0.2, -0.15) is 0 Å². The predicted molar refractivity (Wildman–Crippen MR) is 144 cm³/mol.